The fourth-order valence-electron chi connectivity index (χ4n) is 4.28. The second-order valence-corrected chi connectivity index (χ2v) is 7.77. The molecule has 1 aromatic rings. The zero-order chi connectivity index (χ0) is 18.4. The second-order valence-electron chi connectivity index (χ2n) is 7.77. The van der Waals surface area contributed by atoms with Crippen molar-refractivity contribution >= 4 is 11.8 Å². The molecule has 26 heavy (non-hydrogen) atoms. The summed E-state index contributed by atoms with van der Waals surface area (Å²) in [7, 11) is 0. The molecule has 1 aliphatic heterocycles. The van der Waals surface area contributed by atoms with E-state index in [1.165, 1.54) is 12.5 Å². The summed E-state index contributed by atoms with van der Waals surface area (Å²) in [5.74, 6) is 0.181. The van der Waals surface area contributed by atoms with Crippen LogP contribution < -0.4 is 10.6 Å². The molecule has 5 nitrogen and oxygen atoms in total. The molecule has 5 heteroatoms. The van der Waals surface area contributed by atoms with E-state index in [0.29, 0.717) is 0 Å². The van der Waals surface area contributed by atoms with Crippen molar-refractivity contribution in [2.45, 2.75) is 64.1 Å². The average molecular weight is 357 g/mol. The van der Waals surface area contributed by atoms with Crippen molar-refractivity contribution in [3.8, 4) is 0 Å². The lowest BCUT2D eigenvalue weighted by Gasteiger charge is -2.33. The van der Waals surface area contributed by atoms with E-state index in [-0.39, 0.29) is 29.8 Å². The van der Waals surface area contributed by atoms with Crippen LogP contribution in [0.2, 0.25) is 0 Å². The zero-order valence-corrected chi connectivity index (χ0v) is 15.7. The molecule has 2 N–H and O–H groups in total. The third-order valence-corrected chi connectivity index (χ3v) is 5.70. The summed E-state index contributed by atoms with van der Waals surface area (Å²) >= 11 is 0. The Balaban J connectivity index is 1.47. The Hall–Kier alpha value is -1.88. The van der Waals surface area contributed by atoms with Crippen LogP contribution >= 0.6 is 0 Å². The lowest BCUT2D eigenvalue weighted by atomic mass is 9.96. The van der Waals surface area contributed by atoms with Crippen LogP contribution in [0.5, 0.6) is 0 Å². The molecule has 0 aromatic heterocycles. The van der Waals surface area contributed by atoms with Crippen molar-refractivity contribution in [1.29, 1.82) is 0 Å². The minimum atomic E-state index is -0.364. The number of rotatable bonds is 6. The number of carbonyl (C=O) groups excluding carboxylic acids is 2. The molecule has 1 atom stereocenters. The van der Waals surface area contributed by atoms with Crippen molar-refractivity contribution in [2.24, 2.45) is 5.92 Å². The monoisotopic (exact) mass is 357 g/mol. The van der Waals surface area contributed by atoms with Gasteiger partial charge in [-0.05, 0) is 37.2 Å². The van der Waals surface area contributed by atoms with Crippen molar-refractivity contribution in [3.05, 3.63) is 35.9 Å². The summed E-state index contributed by atoms with van der Waals surface area (Å²) in [6, 6.07) is 10.4. The SMILES string of the molecule is CC(=O)NC(C(=O)NC1CCN(Cc2ccccc2)CC1)C1CCCC1. The van der Waals surface area contributed by atoms with Gasteiger partial charge in [0.15, 0.2) is 0 Å². The molecule has 0 radical (unpaired) electrons. The molecular formula is C21H31N3O2. The first-order valence-electron chi connectivity index (χ1n) is 9.95. The van der Waals surface area contributed by atoms with Gasteiger partial charge in [-0.3, -0.25) is 14.5 Å². The van der Waals surface area contributed by atoms with Gasteiger partial charge in [-0.2, -0.15) is 0 Å². The molecule has 2 fully saturated rings. The van der Waals surface area contributed by atoms with Gasteiger partial charge in [0.25, 0.3) is 0 Å². The molecule has 1 heterocycles. The van der Waals surface area contributed by atoms with Crippen LogP contribution in [0.25, 0.3) is 0 Å². The molecule has 0 bridgehead atoms. The summed E-state index contributed by atoms with van der Waals surface area (Å²) in [5, 5.41) is 6.10. The highest BCUT2D eigenvalue weighted by Crippen LogP contribution is 2.28. The van der Waals surface area contributed by atoms with E-state index < -0.39 is 0 Å². The Morgan fingerprint density at radius 2 is 1.73 bits per heavy atom. The molecule has 2 aliphatic rings. The standard InChI is InChI=1S/C21H31N3O2/c1-16(25)22-20(18-9-5-6-10-18)21(26)23-19-11-13-24(14-12-19)15-17-7-3-2-4-8-17/h2-4,7-8,18-20H,5-6,9-15H2,1H3,(H,22,25)(H,23,26). The van der Waals surface area contributed by atoms with Crippen LogP contribution in [0.1, 0.15) is 51.0 Å². The summed E-state index contributed by atoms with van der Waals surface area (Å²) in [6.45, 7) is 4.46. The molecule has 142 valence electrons. The fraction of sp³-hybridized carbons (Fsp3) is 0.619. The number of amides is 2. The number of hydrogen-bond donors (Lipinski definition) is 2. The summed E-state index contributed by atoms with van der Waals surface area (Å²) in [5.41, 5.74) is 1.34. The predicted molar refractivity (Wildman–Crippen MR) is 102 cm³/mol. The van der Waals surface area contributed by atoms with E-state index >= 15 is 0 Å². The van der Waals surface area contributed by atoms with E-state index in [0.717, 1.165) is 58.2 Å². The molecule has 0 spiro atoms. The Morgan fingerprint density at radius 3 is 2.35 bits per heavy atom. The highest BCUT2D eigenvalue weighted by atomic mass is 16.2. The Labute approximate surface area is 156 Å². The van der Waals surface area contributed by atoms with Gasteiger partial charge in [-0.1, -0.05) is 43.2 Å². The number of hydrogen-bond acceptors (Lipinski definition) is 3. The van der Waals surface area contributed by atoms with Gasteiger partial charge >= 0.3 is 0 Å². The third-order valence-electron chi connectivity index (χ3n) is 5.70. The van der Waals surface area contributed by atoms with E-state index in [1.807, 2.05) is 6.07 Å². The maximum absolute atomic E-state index is 12.8. The van der Waals surface area contributed by atoms with Crippen molar-refractivity contribution in [1.82, 2.24) is 15.5 Å². The molecule has 1 aromatic carbocycles. The van der Waals surface area contributed by atoms with Crippen LogP contribution in [0.3, 0.4) is 0 Å². The molecule has 1 unspecified atom stereocenters. The van der Waals surface area contributed by atoms with E-state index in [9.17, 15) is 9.59 Å². The Kier molecular flexibility index (Phi) is 6.67. The first-order valence-corrected chi connectivity index (χ1v) is 9.95. The van der Waals surface area contributed by atoms with Crippen molar-refractivity contribution in [3.63, 3.8) is 0 Å². The van der Waals surface area contributed by atoms with Gasteiger partial charge < -0.3 is 10.6 Å². The summed E-state index contributed by atoms with van der Waals surface area (Å²) < 4.78 is 0. The van der Waals surface area contributed by atoms with Crippen LogP contribution in [-0.2, 0) is 16.1 Å². The van der Waals surface area contributed by atoms with E-state index in [4.69, 9.17) is 0 Å². The lowest BCUT2D eigenvalue weighted by Crippen LogP contribution is -2.54. The Bertz CT molecular complexity index is 591. The third kappa shape index (κ3) is 5.31. The van der Waals surface area contributed by atoms with Crippen LogP contribution in [0.4, 0.5) is 0 Å². The number of nitrogens with one attached hydrogen (secondary N) is 2. The zero-order valence-electron chi connectivity index (χ0n) is 15.7. The van der Waals surface area contributed by atoms with Crippen molar-refractivity contribution < 1.29 is 9.59 Å². The number of benzene rings is 1. The van der Waals surface area contributed by atoms with Gasteiger partial charge in [0.05, 0.1) is 0 Å². The first-order chi connectivity index (χ1) is 12.6. The number of likely N-dealkylation sites (tertiary alicyclic amines) is 1. The van der Waals surface area contributed by atoms with Crippen LogP contribution in [-0.4, -0.2) is 41.9 Å². The minimum absolute atomic E-state index is 0.00797. The van der Waals surface area contributed by atoms with Gasteiger partial charge in [0, 0.05) is 32.6 Å². The Morgan fingerprint density at radius 1 is 1.08 bits per heavy atom. The van der Waals surface area contributed by atoms with Crippen LogP contribution in [0.15, 0.2) is 30.3 Å². The minimum Gasteiger partial charge on any atom is -0.351 e. The topological polar surface area (TPSA) is 61.4 Å². The fourth-order valence-corrected chi connectivity index (χ4v) is 4.28. The maximum Gasteiger partial charge on any atom is 0.243 e. The maximum atomic E-state index is 12.8. The van der Waals surface area contributed by atoms with Crippen molar-refractivity contribution in [2.75, 3.05) is 13.1 Å². The lowest BCUT2D eigenvalue weighted by molar-refractivity contribution is -0.130. The van der Waals surface area contributed by atoms with Crippen LogP contribution in [0, 0.1) is 5.92 Å². The molecule has 1 saturated heterocycles. The number of nitrogens with zero attached hydrogens (tertiary/aromatic N) is 1. The summed E-state index contributed by atoms with van der Waals surface area (Å²) in [6.07, 6.45) is 6.33. The highest BCUT2D eigenvalue weighted by molar-refractivity contribution is 5.87. The average Bonchev–Trinajstić information content (AvgIpc) is 3.16. The first kappa shape index (κ1) is 18.9. The van der Waals surface area contributed by atoms with E-state index in [1.54, 1.807) is 0 Å². The van der Waals surface area contributed by atoms with Gasteiger partial charge in [0.2, 0.25) is 11.8 Å². The molecule has 1 aliphatic carbocycles. The largest absolute Gasteiger partial charge is 0.351 e. The molecule has 2 amide bonds. The number of carbonyl (C=O) groups is 2. The second kappa shape index (κ2) is 9.17. The molecule has 1 saturated carbocycles. The van der Waals surface area contributed by atoms with Gasteiger partial charge in [0.1, 0.15) is 6.04 Å². The number of piperidine rings is 1. The van der Waals surface area contributed by atoms with Gasteiger partial charge in [-0.25, -0.2) is 0 Å². The predicted octanol–water partition coefficient (Wildman–Crippen LogP) is 2.46. The molecular weight excluding hydrogens is 326 g/mol. The highest BCUT2D eigenvalue weighted by Gasteiger charge is 2.32. The smallest absolute Gasteiger partial charge is 0.243 e. The van der Waals surface area contributed by atoms with E-state index in [2.05, 4.69) is 39.8 Å². The normalized spacial score (nSPS) is 20.7. The van der Waals surface area contributed by atoms with Gasteiger partial charge in [-0.15, -0.1) is 0 Å². The molecule has 3 rings (SSSR count). The summed E-state index contributed by atoms with van der Waals surface area (Å²) in [4.78, 5) is 26.7. The quantitative estimate of drug-likeness (QED) is 0.822.